The van der Waals surface area contributed by atoms with Crippen LogP contribution in [0.2, 0.25) is 0 Å². The van der Waals surface area contributed by atoms with Crippen molar-refractivity contribution in [1.29, 1.82) is 0 Å². The number of hydrogen-bond acceptors (Lipinski definition) is 3. The zero-order chi connectivity index (χ0) is 13.2. The minimum absolute atomic E-state index is 0.377. The van der Waals surface area contributed by atoms with Crippen LogP contribution in [0.5, 0.6) is 5.75 Å². The molecule has 0 N–H and O–H groups in total. The molecule has 0 aliphatic heterocycles. The summed E-state index contributed by atoms with van der Waals surface area (Å²) in [6, 6.07) is 9.60. The van der Waals surface area contributed by atoms with E-state index in [2.05, 4.69) is 10.1 Å². The quantitative estimate of drug-likeness (QED) is 0.688. The van der Waals surface area contributed by atoms with Gasteiger partial charge in [-0.1, -0.05) is 0 Å². The number of benzene rings is 1. The minimum atomic E-state index is 0.377. The first-order valence-electron chi connectivity index (χ1n) is 5.86. The average molecular weight is 274 g/mol. The van der Waals surface area contributed by atoms with Gasteiger partial charge in [-0.2, -0.15) is 5.10 Å². The summed E-state index contributed by atoms with van der Waals surface area (Å²) in [6.45, 7) is 0. The van der Waals surface area contributed by atoms with Gasteiger partial charge in [0, 0.05) is 23.5 Å². The van der Waals surface area contributed by atoms with Crippen LogP contribution < -0.4 is 4.74 Å². The van der Waals surface area contributed by atoms with Crippen molar-refractivity contribution in [3.63, 3.8) is 0 Å². The van der Waals surface area contributed by atoms with Crippen molar-refractivity contribution in [2.75, 3.05) is 7.11 Å². The number of halogens is 1. The molecule has 96 valence electrons. The first kappa shape index (κ1) is 12.0. The Labute approximate surface area is 115 Å². The molecule has 0 radical (unpaired) electrons. The van der Waals surface area contributed by atoms with Crippen molar-refractivity contribution in [3.05, 3.63) is 48.3 Å². The second-order valence-corrected chi connectivity index (χ2v) is 4.34. The summed E-state index contributed by atoms with van der Waals surface area (Å²) >= 11 is 6.04. The molecule has 3 aromatic rings. The Hall–Kier alpha value is -2.07. The van der Waals surface area contributed by atoms with Crippen LogP contribution in [0.1, 0.15) is 5.56 Å². The summed E-state index contributed by atoms with van der Waals surface area (Å²) in [5.41, 5.74) is 3.59. The van der Waals surface area contributed by atoms with E-state index in [1.54, 1.807) is 17.8 Å². The van der Waals surface area contributed by atoms with Gasteiger partial charge in [0.05, 0.1) is 18.7 Å². The van der Waals surface area contributed by atoms with Crippen LogP contribution in [0.3, 0.4) is 0 Å². The van der Waals surface area contributed by atoms with E-state index in [1.807, 2.05) is 36.5 Å². The first-order chi connectivity index (χ1) is 9.33. The Kier molecular flexibility index (Phi) is 3.09. The lowest BCUT2D eigenvalue weighted by Gasteiger charge is -2.02. The first-order valence-corrected chi connectivity index (χ1v) is 6.39. The molecule has 0 bridgehead atoms. The molecule has 2 heterocycles. The Morgan fingerprint density at radius 3 is 2.74 bits per heavy atom. The number of nitrogens with zero attached hydrogens (tertiary/aromatic N) is 3. The van der Waals surface area contributed by atoms with Gasteiger partial charge in [-0.15, -0.1) is 11.6 Å². The molecule has 2 aromatic heterocycles. The highest BCUT2D eigenvalue weighted by atomic mass is 35.5. The molecule has 4 nitrogen and oxygen atoms in total. The lowest BCUT2D eigenvalue weighted by Crippen LogP contribution is -1.87. The van der Waals surface area contributed by atoms with Gasteiger partial charge in [0.2, 0.25) is 0 Å². The molecule has 0 saturated heterocycles. The van der Waals surface area contributed by atoms with Gasteiger partial charge in [0.15, 0.2) is 5.65 Å². The molecule has 0 fully saturated rings. The molecule has 5 heteroatoms. The zero-order valence-electron chi connectivity index (χ0n) is 10.4. The van der Waals surface area contributed by atoms with Crippen LogP contribution in [0.25, 0.3) is 16.9 Å². The molecule has 1 aromatic carbocycles. The fourth-order valence-electron chi connectivity index (χ4n) is 2.04. The fourth-order valence-corrected chi connectivity index (χ4v) is 2.28. The van der Waals surface area contributed by atoms with Crippen molar-refractivity contribution in [2.45, 2.75) is 5.88 Å². The van der Waals surface area contributed by atoms with Crippen molar-refractivity contribution >= 4 is 17.2 Å². The van der Waals surface area contributed by atoms with Crippen molar-refractivity contribution in [2.24, 2.45) is 0 Å². The zero-order valence-corrected chi connectivity index (χ0v) is 11.1. The normalized spacial score (nSPS) is 10.8. The monoisotopic (exact) mass is 273 g/mol. The summed E-state index contributed by atoms with van der Waals surface area (Å²) < 4.78 is 6.90. The lowest BCUT2D eigenvalue weighted by atomic mass is 10.1. The van der Waals surface area contributed by atoms with E-state index in [4.69, 9.17) is 16.3 Å². The van der Waals surface area contributed by atoms with Crippen molar-refractivity contribution in [3.8, 4) is 17.0 Å². The van der Waals surface area contributed by atoms with E-state index in [-0.39, 0.29) is 0 Å². The highest BCUT2D eigenvalue weighted by Crippen LogP contribution is 2.27. The van der Waals surface area contributed by atoms with E-state index in [1.165, 1.54) is 0 Å². The van der Waals surface area contributed by atoms with Gasteiger partial charge in [0.1, 0.15) is 5.75 Å². The third kappa shape index (κ3) is 2.04. The maximum absolute atomic E-state index is 6.04. The maximum atomic E-state index is 6.04. The SMILES string of the molecule is COc1ccc(-c2nn3cccnc3c2CCl)cc1. The Bertz CT molecular complexity index is 706. The van der Waals surface area contributed by atoms with Gasteiger partial charge in [-0.05, 0) is 30.3 Å². The van der Waals surface area contributed by atoms with Gasteiger partial charge < -0.3 is 4.74 Å². The Balaban J connectivity index is 2.17. The standard InChI is InChI=1S/C14H12ClN3O/c1-19-11-5-3-10(4-6-11)13-12(9-15)14-16-7-2-8-18(14)17-13/h2-8H,9H2,1H3. The molecular formula is C14H12ClN3O. The number of methoxy groups -OCH3 is 1. The number of hydrogen-bond donors (Lipinski definition) is 0. The number of aromatic nitrogens is 3. The third-order valence-corrected chi connectivity index (χ3v) is 3.26. The summed E-state index contributed by atoms with van der Waals surface area (Å²) in [5, 5.41) is 4.54. The van der Waals surface area contributed by atoms with E-state index >= 15 is 0 Å². The molecule has 3 rings (SSSR count). The molecule has 0 aliphatic carbocycles. The number of rotatable bonds is 3. The number of alkyl halides is 1. The summed E-state index contributed by atoms with van der Waals surface area (Å²) in [5.74, 6) is 1.19. The van der Waals surface area contributed by atoms with Crippen molar-refractivity contribution in [1.82, 2.24) is 14.6 Å². The van der Waals surface area contributed by atoms with Crippen LogP contribution in [0, 0.1) is 0 Å². The molecule has 0 saturated carbocycles. The number of ether oxygens (including phenoxy) is 1. The van der Waals surface area contributed by atoms with Gasteiger partial charge in [0.25, 0.3) is 0 Å². The van der Waals surface area contributed by atoms with Gasteiger partial charge in [-0.3, -0.25) is 0 Å². The minimum Gasteiger partial charge on any atom is -0.497 e. The highest BCUT2D eigenvalue weighted by Gasteiger charge is 2.14. The van der Waals surface area contributed by atoms with Crippen molar-refractivity contribution < 1.29 is 4.74 Å². The van der Waals surface area contributed by atoms with E-state index < -0.39 is 0 Å². The average Bonchev–Trinajstić information content (AvgIpc) is 2.85. The van der Waals surface area contributed by atoms with Crippen LogP contribution in [0.15, 0.2) is 42.7 Å². The topological polar surface area (TPSA) is 39.4 Å². The van der Waals surface area contributed by atoms with Gasteiger partial charge >= 0.3 is 0 Å². The molecule has 0 atom stereocenters. The second-order valence-electron chi connectivity index (χ2n) is 4.08. The summed E-state index contributed by atoms with van der Waals surface area (Å²) in [6.07, 6.45) is 3.61. The second kappa shape index (κ2) is 4.90. The maximum Gasteiger partial charge on any atom is 0.159 e. The highest BCUT2D eigenvalue weighted by molar-refractivity contribution is 6.18. The molecule has 19 heavy (non-hydrogen) atoms. The van der Waals surface area contributed by atoms with E-state index in [0.29, 0.717) is 5.88 Å². The van der Waals surface area contributed by atoms with Crippen LogP contribution in [0.4, 0.5) is 0 Å². The molecule has 0 unspecified atom stereocenters. The smallest absolute Gasteiger partial charge is 0.159 e. The Morgan fingerprint density at radius 2 is 2.05 bits per heavy atom. The van der Waals surface area contributed by atoms with E-state index in [9.17, 15) is 0 Å². The van der Waals surface area contributed by atoms with Crippen LogP contribution >= 0.6 is 11.6 Å². The predicted octanol–water partition coefficient (Wildman–Crippen LogP) is 3.14. The molecule has 0 spiro atoms. The summed E-state index contributed by atoms with van der Waals surface area (Å²) in [7, 11) is 1.65. The number of fused-ring (bicyclic) bond motifs is 1. The van der Waals surface area contributed by atoms with Gasteiger partial charge in [-0.25, -0.2) is 9.50 Å². The summed E-state index contributed by atoms with van der Waals surface area (Å²) in [4.78, 5) is 4.32. The van der Waals surface area contributed by atoms with Crippen LogP contribution in [-0.4, -0.2) is 21.7 Å². The predicted molar refractivity (Wildman–Crippen MR) is 74.5 cm³/mol. The molecule has 0 amide bonds. The largest absolute Gasteiger partial charge is 0.497 e. The Morgan fingerprint density at radius 1 is 1.26 bits per heavy atom. The lowest BCUT2D eigenvalue weighted by molar-refractivity contribution is 0.415. The van der Waals surface area contributed by atoms with E-state index in [0.717, 1.165) is 28.2 Å². The van der Waals surface area contributed by atoms with Crippen LogP contribution in [-0.2, 0) is 5.88 Å². The fraction of sp³-hybridized carbons (Fsp3) is 0.143. The molecular weight excluding hydrogens is 262 g/mol. The third-order valence-electron chi connectivity index (χ3n) is 2.99. The molecule has 0 aliphatic rings.